The minimum atomic E-state index is -0.300. The summed E-state index contributed by atoms with van der Waals surface area (Å²) in [7, 11) is 0. The van der Waals surface area contributed by atoms with E-state index in [0.717, 1.165) is 11.3 Å². The standard InChI is InChI=1S/C18H22FNO/c1-12(2)18-5-4-16(8-13(18)3)21-17-10-14(6-7-20)9-15(19)11-17/h4-5,8-12H,6-7,20H2,1-3H3. The summed E-state index contributed by atoms with van der Waals surface area (Å²) in [6.45, 7) is 6.88. The normalized spacial score (nSPS) is 11.0. The van der Waals surface area contributed by atoms with Crippen molar-refractivity contribution in [3.8, 4) is 11.5 Å². The largest absolute Gasteiger partial charge is 0.457 e. The van der Waals surface area contributed by atoms with Crippen molar-refractivity contribution >= 4 is 0 Å². The number of hydrogen-bond donors (Lipinski definition) is 1. The van der Waals surface area contributed by atoms with Gasteiger partial charge >= 0.3 is 0 Å². The van der Waals surface area contributed by atoms with E-state index in [0.29, 0.717) is 24.6 Å². The van der Waals surface area contributed by atoms with Gasteiger partial charge in [0.15, 0.2) is 0 Å². The predicted octanol–water partition coefficient (Wildman–Crippen LogP) is 4.55. The zero-order valence-electron chi connectivity index (χ0n) is 12.8. The summed E-state index contributed by atoms with van der Waals surface area (Å²) in [5.74, 6) is 1.41. The molecule has 2 N–H and O–H groups in total. The molecule has 0 radical (unpaired) electrons. The van der Waals surface area contributed by atoms with E-state index in [9.17, 15) is 4.39 Å². The minimum absolute atomic E-state index is 0.300. The van der Waals surface area contributed by atoms with Gasteiger partial charge in [-0.1, -0.05) is 19.9 Å². The summed E-state index contributed by atoms with van der Waals surface area (Å²) in [5, 5.41) is 0. The van der Waals surface area contributed by atoms with Crippen LogP contribution in [0.1, 0.15) is 36.5 Å². The van der Waals surface area contributed by atoms with Crippen molar-refractivity contribution in [3.05, 3.63) is 58.9 Å². The molecular weight excluding hydrogens is 265 g/mol. The molecule has 0 aliphatic rings. The lowest BCUT2D eigenvalue weighted by molar-refractivity contribution is 0.475. The van der Waals surface area contributed by atoms with Gasteiger partial charge in [-0.25, -0.2) is 4.39 Å². The van der Waals surface area contributed by atoms with Gasteiger partial charge in [-0.15, -0.1) is 0 Å². The van der Waals surface area contributed by atoms with Crippen LogP contribution in [0.3, 0.4) is 0 Å². The molecule has 0 unspecified atom stereocenters. The Bertz CT molecular complexity index is 623. The summed E-state index contributed by atoms with van der Waals surface area (Å²) in [5.41, 5.74) is 8.84. The molecule has 0 fully saturated rings. The van der Waals surface area contributed by atoms with Crippen LogP contribution in [0.5, 0.6) is 11.5 Å². The van der Waals surface area contributed by atoms with Crippen LogP contribution in [0.15, 0.2) is 36.4 Å². The fourth-order valence-corrected chi connectivity index (χ4v) is 2.49. The molecule has 0 aliphatic heterocycles. The van der Waals surface area contributed by atoms with Crippen molar-refractivity contribution in [2.24, 2.45) is 5.73 Å². The highest BCUT2D eigenvalue weighted by Crippen LogP contribution is 2.28. The molecule has 0 spiro atoms. The Morgan fingerprint density at radius 1 is 1.10 bits per heavy atom. The summed E-state index contributed by atoms with van der Waals surface area (Å²) in [4.78, 5) is 0. The van der Waals surface area contributed by atoms with Gasteiger partial charge in [0.25, 0.3) is 0 Å². The molecule has 2 aromatic rings. The third-order valence-electron chi connectivity index (χ3n) is 3.46. The number of benzene rings is 2. The van der Waals surface area contributed by atoms with E-state index in [1.807, 2.05) is 18.2 Å². The first-order valence-corrected chi connectivity index (χ1v) is 7.27. The van der Waals surface area contributed by atoms with Gasteiger partial charge in [0.1, 0.15) is 17.3 Å². The second-order valence-corrected chi connectivity index (χ2v) is 5.61. The summed E-state index contributed by atoms with van der Waals surface area (Å²) >= 11 is 0. The van der Waals surface area contributed by atoms with Gasteiger partial charge in [0.05, 0.1) is 0 Å². The highest BCUT2D eigenvalue weighted by atomic mass is 19.1. The van der Waals surface area contributed by atoms with Gasteiger partial charge in [-0.05, 0) is 66.8 Å². The maximum absolute atomic E-state index is 13.6. The Kier molecular flexibility index (Phi) is 4.97. The quantitative estimate of drug-likeness (QED) is 0.875. The summed E-state index contributed by atoms with van der Waals surface area (Å²) in [6.07, 6.45) is 0.638. The smallest absolute Gasteiger partial charge is 0.130 e. The second kappa shape index (κ2) is 6.72. The minimum Gasteiger partial charge on any atom is -0.457 e. The number of hydrogen-bond acceptors (Lipinski definition) is 2. The summed E-state index contributed by atoms with van der Waals surface area (Å²) in [6, 6.07) is 10.7. The number of aryl methyl sites for hydroxylation is 1. The number of ether oxygens (including phenoxy) is 1. The maximum atomic E-state index is 13.6. The first kappa shape index (κ1) is 15.5. The van der Waals surface area contributed by atoms with Gasteiger partial charge in [0, 0.05) is 6.07 Å². The molecule has 0 heterocycles. The van der Waals surface area contributed by atoms with Crippen molar-refractivity contribution in [1.82, 2.24) is 0 Å². The Morgan fingerprint density at radius 2 is 1.86 bits per heavy atom. The van der Waals surface area contributed by atoms with Crippen molar-refractivity contribution in [2.45, 2.75) is 33.1 Å². The molecule has 2 aromatic carbocycles. The Labute approximate surface area is 125 Å². The topological polar surface area (TPSA) is 35.2 Å². The van der Waals surface area contributed by atoms with Gasteiger partial charge in [-0.3, -0.25) is 0 Å². The highest BCUT2D eigenvalue weighted by Gasteiger charge is 2.07. The average Bonchev–Trinajstić information content (AvgIpc) is 2.37. The van der Waals surface area contributed by atoms with Crippen molar-refractivity contribution in [3.63, 3.8) is 0 Å². The number of rotatable bonds is 5. The van der Waals surface area contributed by atoms with E-state index < -0.39 is 0 Å². The lowest BCUT2D eigenvalue weighted by Gasteiger charge is -2.13. The van der Waals surface area contributed by atoms with E-state index in [1.165, 1.54) is 23.3 Å². The van der Waals surface area contributed by atoms with Crippen molar-refractivity contribution < 1.29 is 9.13 Å². The molecule has 2 rings (SSSR count). The van der Waals surface area contributed by atoms with Gasteiger partial charge in [-0.2, -0.15) is 0 Å². The SMILES string of the molecule is Cc1cc(Oc2cc(F)cc(CCN)c2)ccc1C(C)C. The van der Waals surface area contributed by atoms with E-state index in [1.54, 1.807) is 0 Å². The molecule has 0 bridgehead atoms. The first-order valence-electron chi connectivity index (χ1n) is 7.27. The third kappa shape index (κ3) is 4.05. The van der Waals surface area contributed by atoms with Crippen molar-refractivity contribution in [2.75, 3.05) is 6.54 Å². The lowest BCUT2D eigenvalue weighted by Crippen LogP contribution is -2.03. The first-order chi connectivity index (χ1) is 9.99. The molecule has 112 valence electrons. The van der Waals surface area contributed by atoms with E-state index >= 15 is 0 Å². The van der Waals surface area contributed by atoms with Crippen LogP contribution in [-0.4, -0.2) is 6.54 Å². The van der Waals surface area contributed by atoms with E-state index in [-0.39, 0.29) is 5.82 Å². The highest BCUT2D eigenvalue weighted by molar-refractivity contribution is 5.40. The van der Waals surface area contributed by atoms with Crippen LogP contribution < -0.4 is 10.5 Å². The molecule has 0 atom stereocenters. The third-order valence-corrected chi connectivity index (χ3v) is 3.46. The van der Waals surface area contributed by atoms with E-state index in [2.05, 4.69) is 26.8 Å². The van der Waals surface area contributed by atoms with Crippen LogP contribution in [0, 0.1) is 12.7 Å². The van der Waals surface area contributed by atoms with Crippen molar-refractivity contribution in [1.29, 1.82) is 0 Å². The number of nitrogens with two attached hydrogens (primary N) is 1. The maximum Gasteiger partial charge on any atom is 0.130 e. The van der Waals surface area contributed by atoms with Crippen LogP contribution >= 0.6 is 0 Å². The Morgan fingerprint density at radius 3 is 2.48 bits per heavy atom. The zero-order valence-corrected chi connectivity index (χ0v) is 12.8. The van der Waals surface area contributed by atoms with Crippen LogP contribution in [0.2, 0.25) is 0 Å². The monoisotopic (exact) mass is 287 g/mol. The molecule has 0 saturated carbocycles. The molecule has 0 saturated heterocycles. The summed E-state index contributed by atoms with van der Waals surface area (Å²) < 4.78 is 19.4. The van der Waals surface area contributed by atoms with Crippen LogP contribution in [0.25, 0.3) is 0 Å². The van der Waals surface area contributed by atoms with Crippen LogP contribution in [-0.2, 0) is 6.42 Å². The molecule has 2 nitrogen and oxygen atoms in total. The predicted molar refractivity (Wildman–Crippen MR) is 84.5 cm³/mol. The fraction of sp³-hybridized carbons (Fsp3) is 0.333. The molecule has 3 heteroatoms. The molecule has 21 heavy (non-hydrogen) atoms. The van der Waals surface area contributed by atoms with Crippen LogP contribution in [0.4, 0.5) is 4.39 Å². The Hall–Kier alpha value is -1.87. The molecule has 0 aliphatic carbocycles. The fourth-order valence-electron chi connectivity index (χ4n) is 2.49. The Balaban J connectivity index is 2.23. The second-order valence-electron chi connectivity index (χ2n) is 5.61. The number of halogens is 1. The van der Waals surface area contributed by atoms with Gasteiger partial charge < -0.3 is 10.5 Å². The molecular formula is C18H22FNO. The lowest BCUT2D eigenvalue weighted by atomic mass is 9.98. The average molecular weight is 287 g/mol. The zero-order chi connectivity index (χ0) is 15.4. The van der Waals surface area contributed by atoms with E-state index in [4.69, 9.17) is 10.5 Å². The molecule has 0 aromatic heterocycles. The van der Waals surface area contributed by atoms with Gasteiger partial charge in [0.2, 0.25) is 0 Å². The molecule has 0 amide bonds.